The molecule has 1 heteroatoms. The molecule has 0 amide bonds. The molecule has 0 aliphatic carbocycles. The van der Waals surface area contributed by atoms with E-state index in [0.29, 0.717) is 0 Å². The molecule has 0 heterocycles. The summed E-state index contributed by atoms with van der Waals surface area (Å²) >= 11 is 0. The van der Waals surface area contributed by atoms with Gasteiger partial charge in [0.15, 0.2) is 0 Å². The van der Waals surface area contributed by atoms with E-state index in [2.05, 4.69) is 38.2 Å². The van der Waals surface area contributed by atoms with Gasteiger partial charge in [0.1, 0.15) is 0 Å². The fourth-order valence-electron chi connectivity index (χ4n) is 1.88. The van der Waals surface area contributed by atoms with Crippen molar-refractivity contribution in [2.24, 2.45) is 0 Å². The van der Waals surface area contributed by atoms with Crippen LogP contribution in [0.1, 0.15) is 43.9 Å². The summed E-state index contributed by atoms with van der Waals surface area (Å²) in [5, 5.41) is 3.28. The van der Waals surface area contributed by atoms with E-state index >= 15 is 0 Å². The number of rotatable bonds is 3. The summed E-state index contributed by atoms with van der Waals surface area (Å²) in [4.78, 5) is 0. The summed E-state index contributed by atoms with van der Waals surface area (Å²) in [5.74, 6) is 0. The molecule has 0 fully saturated rings. The van der Waals surface area contributed by atoms with Gasteiger partial charge in [0, 0.05) is 12.7 Å². The van der Waals surface area contributed by atoms with Crippen molar-refractivity contribution >= 4 is 5.69 Å². The van der Waals surface area contributed by atoms with Crippen LogP contribution in [-0.4, -0.2) is 7.05 Å². The van der Waals surface area contributed by atoms with Gasteiger partial charge >= 0.3 is 0 Å². The van der Waals surface area contributed by atoms with Crippen LogP contribution in [0.2, 0.25) is 0 Å². The lowest BCUT2D eigenvalue weighted by Crippen LogP contribution is -1.99. The molecule has 0 aliphatic rings. The second-order valence-corrected chi connectivity index (χ2v) is 3.62. The Morgan fingerprint density at radius 1 is 1.13 bits per heavy atom. The van der Waals surface area contributed by atoms with E-state index < -0.39 is 0 Å². The molecule has 15 heavy (non-hydrogen) atoms. The van der Waals surface area contributed by atoms with Crippen LogP contribution in [0, 0.1) is 13.8 Å². The number of nitrogens with one attached hydrogen (secondary N) is 1. The van der Waals surface area contributed by atoms with Crippen LogP contribution in [0.25, 0.3) is 0 Å². The minimum absolute atomic E-state index is 1.17. The van der Waals surface area contributed by atoms with Gasteiger partial charge in [0.05, 0.1) is 0 Å². The quantitative estimate of drug-likeness (QED) is 0.778. The molecule has 0 saturated heterocycles. The van der Waals surface area contributed by atoms with E-state index in [0.717, 1.165) is 0 Å². The molecule has 86 valence electrons. The molecule has 0 aromatic heterocycles. The molecular formula is C14H25N. The van der Waals surface area contributed by atoms with E-state index in [1.807, 2.05) is 20.9 Å². The van der Waals surface area contributed by atoms with Crippen LogP contribution in [0.4, 0.5) is 5.69 Å². The predicted octanol–water partition coefficient (Wildman–Crippen LogP) is 4.32. The highest BCUT2D eigenvalue weighted by Crippen LogP contribution is 2.23. The fraction of sp³-hybridized carbons (Fsp3) is 0.571. The Morgan fingerprint density at radius 2 is 1.73 bits per heavy atom. The van der Waals surface area contributed by atoms with Gasteiger partial charge in [-0.2, -0.15) is 0 Å². The van der Waals surface area contributed by atoms with Crippen molar-refractivity contribution in [1.82, 2.24) is 0 Å². The lowest BCUT2D eigenvalue weighted by molar-refractivity contribution is 0.919. The molecule has 0 atom stereocenters. The number of benzene rings is 1. The highest BCUT2D eigenvalue weighted by atomic mass is 14.8. The first-order valence-corrected chi connectivity index (χ1v) is 5.97. The third kappa shape index (κ3) is 3.94. The molecule has 0 aliphatic heterocycles. The van der Waals surface area contributed by atoms with E-state index in [4.69, 9.17) is 0 Å². The van der Waals surface area contributed by atoms with Gasteiger partial charge in [-0.25, -0.2) is 0 Å². The molecule has 0 spiro atoms. The normalized spacial score (nSPS) is 9.20. The second kappa shape index (κ2) is 7.33. The van der Waals surface area contributed by atoms with Crippen LogP contribution in [0.5, 0.6) is 0 Å². The van der Waals surface area contributed by atoms with Crippen LogP contribution in [0.3, 0.4) is 0 Å². The van der Waals surface area contributed by atoms with E-state index in [1.54, 1.807) is 0 Å². The Kier molecular flexibility index (Phi) is 6.85. The Balaban J connectivity index is 0.000000921. The third-order valence-corrected chi connectivity index (χ3v) is 2.33. The minimum atomic E-state index is 1.17. The third-order valence-electron chi connectivity index (χ3n) is 2.33. The summed E-state index contributed by atoms with van der Waals surface area (Å²) in [6.45, 7) is 10.5. The Bertz CT molecular complexity index is 290. The second-order valence-electron chi connectivity index (χ2n) is 3.62. The van der Waals surface area contributed by atoms with Gasteiger partial charge in [-0.3, -0.25) is 0 Å². The Labute approximate surface area is 94.9 Å². The van der Waals surface area contributed by atoms with Crippen LogP contribution >= 0.6 is 0 Å². The van der Waals surface area contributed by atoms with Crippen molar-refractivity contribution in [1.29, 1.82) is 0 Å². The average Bonchev–Trinajstić information content (AvgIpc) is 2.21. The number of anilines is 1. The summed E-state index contributed by atoms with van der Waals surface area (Å²) in [7, 11) is 2.00. The highest BCUT2D eigenvalue weighted by molar-refractivity contribution is 5.58. The Morgan fingerprint density at radius 3 is 2.20 bits per heavy atom. The van der Waals surface area contributed by atoms with Crippen molar-refractivity contribution in [2.45, 2.75) is 47.5 Å². The molecule has 1 aromatic carbocycles. The van der Waals surface area contributed by atoms with Crippen molar-refractivity contribution in [2.75, 3.05) is 12.4 Å². The van der Waals surface area contributed by atoms with E-state index in [9.17, 15) is 0 Å². The molecule has 1 N–H and O–H groups in total. The monoisotopic (exact) mass is 207 g/mol. The van der Waals surface area contributed by atoms with Crippen molar-refractivity contribution < 1.29 is 0 Å². The first kappa shape index (κ1) is 14.0. The summed E-state index contributed by atoms with van der Waals surface area (Å²) < 4.78 is 0. The van der Waals surface area contributed by atoms with Crippen molar-refractivity contribution in [3.63, 3.8) is 0 Å². The smallest absolute Gasteiger partial charge is 0.0400 e. The molecule has 1 aromatic rings. The van der Waals surface area contributed by atoms with Gasteiger partial charge in [-0.05, 0) is 31.4 Å². The molecular weight excluding hydrogens is 182 g/mol. The first-order valence-electron chi connectivity index (χ1n) is 5.97. The van der Waals surface area contributed by atoms with Crippen LogP contribution < -0.4 is 5.32 Å². The van der Waals surface area contributed by atoms with Crippen LogP contribution in [-0.2, 0) is 6.42 Å². The molecule has 0 saturated carbocycles. The predicted molar refractivity (Wildman–Crippen MR) is 70.8 cm³/mol. The van der Waals surface area contributed by atoms with E-state index in [1.165, 1.54) is 35.2 Å². The van der Waals surface area contributed by atoms with Gasteiger partial charge in [0.25, 0.3) is 0 Å². The number of hydrogen-bond donors (Lipinski definition) is 1. The average molecular weight is 207 g/mol. The maximum absolute atomic E-state index is 3.28. The van der Waals surface area contributed by atoms with Gasteiger partial charge < -0.3 is 5.32 Å². The number of hydrogen-bond acceptors (Lipinski definition) is 1. The zero-order valence-corrected chi connectivity index (χ0v) is 11.1. The van der Waals surface area contributed by atoms with Crippen molar-refractivity contribution in [3.8, 4) is 0 Å². The zero-order valence-electron chi connectivity index (χ0n) is 11.1. The lowest BCUT2D eigenvalue weighted by atomic mass is 10.0. The SMILES string of the molecule is CC.CCCc1cc(C)cc(C)c1NC. The van der Waals surface area contributed by atoms with Crippen molar-refractivity contribution in [3.05, 3.63) is 28.8 Å². The first-order chi connectivity index (χ1) is 7.19. The van der Waals surface area contributed by atoms with Gasteiger partial charge in [0.2, 0.25) is 0 Å². The highest BCUT2D eigenvalue weighted by Gasteiger charge is 2.03. The maximum Gasteiger partial charge on any atom is 0.0400 e. The lowest BCUT2D eigenvalue weighted by Gasteiger charge is -2.12. The molecule has 0 bridgehead atoms. The molecule has 0 radical (unpaired) electrons. The van der Waals surface area contributed by atoms with Crippen LogP contribution in [0.15, 0.2) is 12.1 Å². The molecule has 1 nitrogen and oxygen atoms in total. The van der Waals surface area contributed by atoms with E-state index in [-0.39, 0.29) is 0 Å². The summed E-state index contributed by atoms with van der Waals surface area (Å²) in [6, 6.07) is 4.51. The standard InChI is InChI=1S/C12H19N.C2H6/c1-5-6-11-8-9(2)7-10(3)12(11)13-4;1-2/h7-8,13H,5-6H2,1-4H3;1-2H3. The largest absolute Gasteiger partial charge is 0.388 e. The zero-order chi connectivity index (χ0) is 11.8. The number of aryl methyl sites for hydroxylation is 3. The topological polar surface area (TPSA) is 12.0 Å². The summed E-state index contributed by atoms with van der Waals surface area (Å²) in [5.41, 5.74) is 5.47. The molecule has 1 rings (SSSR count). The maximum atomic E-state index is 3.28. The Hall–Kier alpha value is -0.980. The van der Waals surface area contributed by atoms with Gasteiger partial charge in [-0.1, -0.05) is 44.9 Å². The summed E-state index contributed by atoms with van der Waals surface area (Å²) in [6.07, 6.45) is 2.37. The molecule has 0 unspecified atom stereocenters. The minimum Gasteiger partial charge on any atom is -0.388 e. The fourth-order valence-corrected chi connectivity index (χ4v) is 1.88. The van der Waals surface area contributed by atoms with Gasteiger partial charge in [-0.15, -0.1) is 0 Å².